The summed E-state index contributed by atoms with van der Waals surface area (Å²) in [5.74, 6) is -0.714. The number of hydrogen-bond donors (Lipinski definition) is 0. The molecule has 1 aromatic heterocycles. The Kier molecular flexibility index (Phi) is 6.44. The van der Waals surface area contributed by atoms with Crippen molar-refractivity contribution < 1.29 is 19.1 Å². The van der Waals surface area contributed by atoms with Gasteiger partial charge in [0, 0.05) is 22.1 Å². The molecule has 2 amide bonds. The van der Waals surface area contributed by atoms with E-state index in [4.69, 9.17) is 16.3 Å². The predicted molar refractivity (Wildman–Crippen MR) is 130 cm³/mol. The average molecular weight is 481 g/mol. The molecule has 1 saturated heterocycles. The van der Waals surface area contributed by atoms with Crippen molar-refractivity contribution in [3.63, 3.8) is 0 Å². The molecular formula is C25H21ClN2O4S. The van der Waals surface area contributed by atoms with Crippen LogP contribution in [0.3, 0.4) is 0 Å². The minimum atomic E-state index is -0.392. The van der Waals surface area contributed by atoms with Crippen LogP contribution in [0.5, 0.6) is 0 Å². The molecule has 1 aliphatic rings. The van der Waals surface area contributed by atoms with Gasteiger partial charge in [0.25, 0.3) is 11.1 Å². The minimum absolute atomic E-state index is 0.175. The average Bonchev–Trinajstić information content (AvgIpc) is 3.22. The van der Waals surface area contributed by atoms with Gasteiger partial charge in [-0.1, -0.05) is 23.7 Å². The molecular weight excluding hydrogens is 460 g/mol. The number of amides is 2. The van der Waals surface area contributed by atoms with Crippen molar-refractivity contribution in [2.75, 3.05) is 7.11 Å². The molecule has 0 aliphatic carbocycles. The van der Waals surface area contributed by atoms with Gasteiger partial charge in [0.05, 0.1) is 24.1 Å². The Hall–Kier alpha value is -3.29. The summed E-state index contributed by atoms with van der Waals surface area (Å²) in [5.41, 5.74) is 4.86. The van der Waals surface area contributed by atoms with Crippen molar-refractivity contribution in [3.05, 3.63) is 92.6 Å². The lowest BCUT2D eigenvalue weighted by Crippen LogP contribution is -2.27. The van der Waals surface area contributed by atoms with E-state index in [0.717, 1.165) is 40.0 Å². The number of aromatic nitrogens is 1. The van der Waals surface area contributed by atoms with Gasteiger partial charge in [0.15, 0.2) is 0 Å². The third-order valence-electron chi connectivity index (χ3n) is 5.41. The normalized spacial score (nSPS) is 14.9. The zero-order valence-electron chi connectivity index (χ0n) is 18.3. The summed E-state index contributed by atoms with van der Waals surface area (Å²) in [7, 11) is 1.35. The number of rotatable bonds is 5. The summed E-state index contributed by atoms with van der Waals surface area (Å²) in [6.07, 6.45) is 1.75. The summed E-state index contributed by atoms with van der Waals surface area (Å²) < 4.78 is 6.78. The van der Waals surface area contributed by atoms with E-state index < -0.39 is 5.97 Å². The number of esters is 1. The second kappa shape index (κ2) is 9.29. The van der Waals surface area contributed by atoms with Gasteiger partial charge in [-0.2, -0.15) is 0 Å². The molecule has 2 aromatic carbocycles. The Balaban J connectivity index is 1.60. The van der Waals surface area contributed by atoms with E-state index in [0.29, 0.717) is 15.5 Å². The Morgan fingerprint density at radius 1 is 1.09 bits per heavy atom. The summed E-state index contributed by atoms with van der Waals surface area (Å²) in [4.78, 5) is 38.8. The molecule has 0 spiro atoms. The van der Waals surface area contributed by atoms with E-state index in [1.807, 2.05) is 42.7 Å². The van der Waals surface area contributed by atoms with E-state index in [2.05, 4.69) is 0 Å². The Bertz CT molecular complexity index is 1290. The maximum atomic E-state index is 12.9. The first kappa shape index (κ1) is 22.9. The zero-order valence-corrected chi connectivity index (χ0v) is 19.9. The van der Waals surface area contributed by atoms with Crippen LogP contribution in [0.15, 0.2) is 59.5 Å². The van der Waals surface area contributed by atoms with Crippen molar-refractivity contribution in [3.8, 4) is 5.69 Å². The Labute approximate surface area is 200 Å². The second-order valence-electron chi connectivity index (χ2n) is 7.60. The van der Waals surface area contributed by atoms with Crippen molar-refractivity contribution in [2.24, 2.45) is 0 Å². The molecule has 0 unspecified atom stereocenters. The number of halogens is 1. The van der Waals surface area contributed by atoms with E-state index >= 15 is 0 Å². The van der Waals surface area contributed by atoms with Crippen LogP contribution in [0.1, 0.15) is 32.9 Å². The molecule has 2 heterocycles. The third kappa shape index (κ3) is 4.60. The number of nitrogens with zero attached hydrogens (tertiary/aromatic N) is 2. The third-order valence-corrected chi connectivity index (χ3v) is 6.55. The zero-order chi connectivity index (χ0) is 23.7. The fourth-order valence-corrected chi connectivity index (χ4v) is 4.83. The highest BCUT2D eigenvalue weighted by atomic mass is 35.5. The number of ether oxygens (including phenoxy) is 1. The molecule has 6 nitrogen and oxygen atoms in total. The highest BCUT2D eigenvalue weighted by molar-refractivity contribution is 8.18. The van der Waals surface area contributed by atoms with Gasteiger partial charge in [-0.15, -0.1) is 0 Å². The summed E-state index contributed by atoms with van der Waals surface area (Å²) in [5, 5.41) is 0.250. The lowest BCUT2D eigenvalue weighted by molar-refractivity contribution is -0.123. The summed E-state index contributed by atoms with van der Waals surface area (Å²) in [6.45, 7) is 4.08. The number of carbonyl (C=O) groups is 3. The van der Waals surface area contributed by atoms with Crippen molar-refractivity contribution >= 4 is 46.6 Å². The maximum absolute atomic E-state index is 12.9. The standard InChI is InChI=1S/C25H21ClN2O4S/c1-15-11-19(16(2)28(15)21-9-7-18(8-10-21)24(30)32-3)13-22-23(29)27(25(31)33-22)14-17-5-4-6-20(26)12-17/h4-13H,14H2,1-3H3/b22-13-. The molecule has 1 aliphatic heterocycles. The number of carbonyl (C=O) groups excluding carboxylic acids is 3. The molecule has 0 radical (unpaired) electrons. The first-order valence-electron chi connectivity index (χ1n) is 10.2. The predicted octanol–water partition coefficient (Wildman–Crippen LogP) is 5.77. The van der Waals surface area contributed by atoms with Gasteiger partial charge in [0.2, 0.25) is 0 Å². The molecule has 0 saturated carbocycles. The van der Waals surface area contributed by atoms with E-state index in [9.17, 15) is 14.4 Å². The van der Waals surface area contributed by atoms with Crippen LogP contribution in [-0.4, -0.2) is 33.7 Å². The van der Waals surface area contributed by atoms with Crippen LogP contribution in [0.4, 0.5) is 4.79 Å². The fourth-order valence-electron chi connectivity index (χ4n) is 3.79. The Morgan fingerprint density at radius 2 is 1.82 bits per heavy atom. The van der Waals surface area contributed by atoms with Gasteiger partial charge in [-0.25, -0.2) is 4.79 Å². The van der Waals surface area contributed by atoms with Gasteiger partial charge >= 0.3 is 5.97 Å². The van der Waals surface area contributed by atoms with Gasteiger partial charge in [-0.05, 0) is 85.3 Å². The monoisotopic (exact) mass is 480 g/mol. The van der Waals surface area contributed by atoms with Crippen molar-refractivity contribution in [1.82, 2.24) is 9.47 Å². The second-order valence-corrected chi connectivity index (χ2v) is 9.03. The van der Waals surface area contributed by atoms with Crippen LogP contribution >= 0.6 is 23.4 Å². The van der Waals surface area contributed by atoms with Gasteiger partial charge < -0.3 is 9.30 Å². The number of hydrogen-bond acceptors (Lipinski definition) is 5. The molecule has 33 heavy (non-hydrogen) atoms. The molecule has 8 heteroatoms. The number of thioether (sulfide) groups is 1. The first-order chi connectivity index (χ1) is 15.8. The lowest BCUT2D eigenvalue weighted by atomic mass is 10.2. The number of imide groups is 1. The van der Waals surface area contributed by atoms with Crippen molar-refractivity contribution in [2.45, 2.75) is 20.4 Å². The summed E-state index contributed by atoms with van der Waals surface area (Å²) >= 11 is 6.96. The number of aryl methyl sites for hydroxylation is 1. The SMILES string of the molecule is COC(=O)c1ccc(-n2c(C)cc(/C=C3\SC(=O)N(Cc4cccc(Cl)c4)C3=O)c2C)cc1. The highest BCUT2D eigenvalue weighted by Crippen LogP contribution is 2.35. The quantitative estimate of drug-likeness (QED) is 0.342. The lowest BCUT2D eigenvalue weighted by Gasteiger charge is -2.12. The molecule has 0 atom stereocenters. The van der Waals surface area contributed by atoms with E-state index in [-0.39, 0.29) is 17.7 Å². The molecule has 168 valence electrons. The molecule has 4 rings (SSSR count). The molecule has 1 fully saturated rings. The van der Waals surface area contributed by atoms with Crippen LogP contribution in [-0.2, 0) is 16.1 Å². The largest absolute Gasteiger partial charge is 0.465 e. The maximum Gasteiger partial charge on any atom is 0.337 e. The number of benzene rings is 2. The molecule has 3 aromatic rings. The topological polar surface area (TPSA) is 68.6 Å². The van der Waals surface area contributed by atoms with E-state index in [1.165, 1.54) is 12.0 Å². The van der Waals surface area contributed by atoms with Gasteiger partial charge in [0.1, 0.15) is 0 Å². The van der Waals surface area contributed by atoms with Crippen LogP contribution in [0.25, 0.3) is 11.8 Å². The smallest absolute Gasteiger partial charge is 0.337 e. The van der Waals surface area contributed by atoms with E-state index in [1.54, 1.807) is 36.4 Å². The molecule has 0 bridgehead atoms. The fraction of sp³-hybridized carbons (Fsp3) is 0.160. The molecule has 0 N–H and O–H groups in total. The first-order valence-corrected chi connectivity index (χ1v) is 11.4. The van der Waals surface area contributed by atoms with Gasteiger partial charge in [-0.3, -0.25) is 14.5 Å². The highest BCUT2D eigenvalue weighted by Gasteiger charge is 2.35. The van der Waals surface area contributed by atoms with Crippen LogP contribution < -0.4 is 0 Å². The van der Waals surface area contributed by atoms with Crippen LogP contribution in [0.2, 0.25) is 5.02 Å². The Morgan fingerprint density at radius 3 is 2.48 bits per heavy atom. The number of methoxy groups -OCH3 is 1. The minimum Gasteiger partial charge on any atom is -0.465 e. The van der Waals surface area contributed by atoms with Crippen LogP contribution in [0, 0.1) is 13.8 Å². The van der Waals surface area contributed by atoms with Crippen molar-refractivity contribution in [1.29, 1.82) is 0 Å². The summed E-state index contributed by atoms with van der Waals surface area (Å²) in [6, 6.07) is 16.2.